The number of carbonyl (C=O) groups is 1. The molecule has 98 valence electrons. The van der Waals surface area contributed by atoms with Crippen LogP contribution in [0.4, 0.5) is 0 Å². The quantitative estimate of drug-likeness (QED) is 0.823. The topological polar surface area (TPSA) is 75.1 Å². The Morgan fingerprint density at radius 1 is 1.33 bits per heavy atom. The van der Waals surface area contributed by atoms with Crippen LogP contribution in [0.3, 0.4) is 0 Å². The van der Waals surface area contributed by atoms with Gasteiger partial charge in [0.25, 0.3) is 5.91 Å². The highest BCUT2D eigenvalue weighted by Crippen LogP contribution is 2.19. The third kappa shape index (κ3) is 2.85. The SMILES string of the molecule is Cc1cc(C(=O)N[C@@H]2CCCC[C@H]2O)c(C)nn1. The molecule has 0 radical (unpaired) electrons. The fourth-order valence-corrected chi connectivity index (χ4v) is 2.31. The van der Waals surface area contributed by atoms with Crippen LogP contribution in [-0.2, 0) is 0 Å². The van der Waals surface area contributed by atoms with Crippen molar-refractivity contribution in [3.8, 4) is 0 Å². The van der Waals surface area contributed by atoms with Gasteiger partial charge in [-0.3, -0.25) is 4.79 Å². The second kappa shape index (κ2) is 5.44. The summed E-state index contributed by atoms with van der Waals surface area (Å²) in [6.07, 6.45) is 3.25. The molecule has 1 heterocycles. The van der Waals surface area contributed by atoms with E-state index in [0.29, 0.717) is 11.3 Å². The van der Waals surface area contributed by atoms with Gasteiger partial charge in [-0.1, -0.05) is 12.8 Å². The van der Waals surface area contributed by atoms with Gasteiger partial charge >= 0.3 is 0 Å². The lowest BCUT2D eigenvalue weighted by Gasteiger charge is -2.28. The van der Waals surface area contributed by atoms with Crippen LogP contribution in [0.15, 0.2) is 6.07 Å². The molecule has 0 spiro atoms. The number of hydrogen-bond donors (Lipinski definition) is 2. The summed E-state index contributed by atoms with van der Waals surface area (Å²) in [6, 6.07) is 1.59. The first kappa shape index (κ1) is 13.0. The number of aromatic nitrogens is 2. The molecule has 1 aliphatic rings. The van der Waals surface area contributed by atoms with Crippen LogP contribution in [0.1, 0.15) is 47.4 Å². The van der Waals surface area contributed by atoms with Crippen molar-refractivity contribution in [2.24, 2.45) is 0 Å². The van der Waals surface area contributed by atoms with Gasteiger partial charge in [-0.2, -0.15) is 10.2 Å². The first-order valence-corrected chi connectivity index (χ1v) is 6.38. The standard InChI is InChI=1S/C13H19N3O2/c1-8-7-10(9(2)16-15-8)13(18)14-11-5-3-4-6-12(11)17/h7,11-12,17H,3-6H2,1-2H3,(H,14,18)/t11-,12-/m1/s1. The van der Waals surface area contributed by atoms with Crippen molar-refractivity contribution in [2.75, 3.05) is 0 Å². The number of nitrogens with one attached hydrogen (secondary N) is 1. The molecule has 1 fully saturated rings. The maximum absolute atomic E-state index is 12.1. The van der Waals surface area contributed by atoms with Gasteiger partial charge in [-0.25, -0.2) is 0 Å². The molecule has 18 heavy (non-hydrogen) atoms. The summed E-state index contributed by atoms with van der Waals surface area (Å²) in [6.45, 7) is 3.57. The summed E-state index contributed by atoms with van der Waals surface area (Å²) in [4.78, 5) is 12.1. The van der Waals surface area contributed by atoms with Gasteiger partial charge in [0.1, 0.15) is 0 Å². The fraction of sp³-hybridized carbons (Fsp3) is 0.615. The predicted molar refractivity (Wildman–Crippen MR) is 67.2 cm³/mol. The number of hydrogen-bond acceptors (Lipinski definition) is 4. The van der Waals surface area contributed by atoms with Gasteiger partial charge in [-0.15, -0.1) is 0 Å². The summed E-state index contributed by atoms with van der Waals surface area (Å²) in [5, 5.41) is 20.6. The van der Waals surface area contributed by atoms with Gasteiger partial charge in [0.2, 0.25) is 0 Å². The van der Waals surface area contributed by atoms with E-state index in [2.05, 4.69) is 15.5 Å². The van der Waals surface area contributed by atoms with E-state index in [9.17, 15) is 9.90 Å². The maximum Gasteiger partial charge on any atom is 0.253 e. The molecule has 2 N–H and O–H groups in total. The number of aryl methyl sites for hydroxylation is 2. The number of rotatable bonds is 2. The van der Waals surface area contributed by atoms with Crippen molar-refractivity contribution in [3.63, 3.8) is 0 Å². The third-order valence-electron chi connectivity index (χ3n) is 3.39. The predicted octanol–water partition coefficient (Wildman–Crippen LogP) is 1.13. The molecular formula is C13H19N3O2. The third-order valence-corrected chi connectivity index (χ3v) is 3.39. The van der Waals surface area contributed by atoms with E-state index in [4.69, 9.17) is 0 Å². The Labute approximate surface area is 107 Å². The number of nitrogens with zero attached hydrogens (tertiary/aromatic N) is 2. The molecule has 0 bridgehead atoms. The van der Waals surface area contributed by atoms with Crippen molar-refractivity contribution >= 4 is 5.91 Å². The van der Waals surface area contributed by atoms with E-state index in [1.54, 1.807) is 19.9 Å². The van der Waals surface area contributed by atoms with Crippen LogP contribution < -0.4 is 5.32 Å². The highest BCUT2D eigenvalue weighted by atomic mass is 16.3. The summed E-state index contributed by atoms with van der Waals surface area (Å²) >= 11 is 0. The van der Waals surface area contributed by atoms with Gasteiger partial charge in [0, 0.05) is 0 Å². The number of carbonyl (C=O) groups excluding carboxylic acids is 1. The maximum atomic E-state index is 12.1. The number of aliphatic hydroxyl groups excluding tert-OH is 1. The molecule has 1 aromatic heterocycles. The lowest BCUT2D eigenvalue weighted by molar-refractivity contribution is 0.0716. The van der Waals surface area contributed by atoms with Crippen LogP contribution in [0, 0.1) is 13.8 Å². The number of aliphatic hydroxyl groups is 1. The van der Waals surface area contributed by atoms with Crippen LogP contribution in [-0.4, -0.2) is 33.4 Å². The average molecular weight is 249 g/mol. The lowest BCUT2D eigenvalue weighted by atomic mass is 9.92. The zero-order valence-electron chi connectivity index (χ0n) is 10.8. The Balaban J connectivity index is 2.09. The second-order valence-corrected chi connectivity index (χ2v) is 4.92. The largest absolute Gasteiger partial charge is 0.391 e. The van der Waals surface area contributed by atoms with Crippen molar-refractivity contribution < 1.29 is 9.90 Å². The summed E-state index contributed by atoms with van der Waals surface area (Å²) in [5.41, 5.74) is 1.87. The molecule has 0 unspecified atom stereocenters. The molecule has 5 nitrogen and oxygen atoms in total. The smallest absolute Gasteiger partial charge is 0.253 e. The van der Waals surface area contributed by atoms with Crippen LogP contribution in [0.2, 0.25) is 0 Å². The monoisotopic (exact) mass is 249 g/mol. The minimum Gasteiger partial charge on any atom is -0.391 e. The Morgan fingerprint density at radius 3 is 2.78 bits per heavy atom. The average Bonchev–Trinajstić information content (AvgIpc) is 2.35. The zero-order valence-corrected chi connectivity index (χ0v) is 10.8. The first-order chi connectivity index (χ1) is 8.58. The molecule has 0 saturated heterocycles. The van der Waals surface area contributed by atoms with E-state index in [0.717, 1.165) is 31.4 Å². The zero-order chi connectivity index (χ0) is 13.1. The van der Waals surface area contributed by atoms with Crippen molar-refractivity contribution in [1.29, 1.82) is 0 Å². The van der Waals surface area contributed by atoms with Gasteiger partial charge in [0.15, 0.2) is 0 Å². The normalized spacial score (nSPS) is 23.7. The van der Waals surface area contributed by atoms with Crippen molar-refractivity contribution in [1.82, 2.24) is 15.5 Å². The Hall–Kier alpha value is -1.49. The van der Waals surface area contributed by atoms with Crippen molar-refractivity contribution in [2.45, 2.75) is 51.7 Å². The van der Waals surface area contributed by atoms with Crippen molar-refractivity contribution in [3.05, 3.63) is 23.0 Å². The van der Waals surface area contributed by atoms with E-state index in [-0.39, 0.29) is 11.9 Å². The van der Waals surface area contributed by atoms with Crippen LogP contribution in [0.5, 0.6) is 0 Å². The molecule has 2 rings (SSSR count). The molecule has 2 atom stereocenters. The molecule has 5 heteroatoms. The van der Waals surface area contributed by atoms with E-state index in [1.807, 2.05) is 0 Å². The fourth-order valence-electron chi connectivity index (χ4n) is 2.31. The highest BCUT2D eigenvalue weighted by Gasteiger charge is 2.25. The highest BCUT2D eigenvalue weighted by molar-refractivity contribution is 5.95. The minimum absolute atomic E-state index is 0.140. The Kier molecular flexibility index (Phi) is 3.91. The van der Waals surface area contributed by atoms with Gasteiger partial charge in [0.05, 0.1) is 29.1 Å². The molecule has 0 aliphatic heterocycles. The minimum atomic E-state index is -0.432. The van der Waals surface area contributed by atoms with E-state index >= 15 is 0 Å². The van der Waals surface area contributed by atoms with Crippen LogP contribution >= 0.6 is 0 Å². The molecular weight excluding hydrogens is 230 g/mol. The second-order valence-electron chi connectivity index (χ2n) is 4.92. The number of amides is 1. The Bertz CT molecular complexity index is 448. The summed E-state index contributed by atoms with van der Waals surface area (Å²) < 4.78 is 0. The van der Waals surface area contributed by atoms with Crippen LogP contribution in [0.25, 0.3) is 0 Å². The van der Waals surface area contributed by atoms with Gasteiger partial charge in [-0.05, 0) is 32.8 Å². The Morgan fingerprint density at radius 2 is 2.06 bits per heavy atom. The first-order valence-electron chi connectivity index (χ1n) is 6.38. The van der Waals surface area contributed by atoms with Gasteiger partial charge < -0.3 is 10.4 Å². The summed E-state index contributed by atoms with van der Waals surface area (Å²) in [5.74, 6) is -0.170. The molecule has 1 amide bonds. The lowest BCUT2D eigenvalue weighted by Crippen LogP contribution is -2.45. The molecule has 1 aromatic rings. The summed E-state index contributed by atoms with van der Waals surface area (Å²) in [7, 11) is 0. The van der Waals surface area contributed by atoms with E-state index < -0.39 is 6.10 Å². The molecule has 1 saturated carbocycles. The molecule has 0 aromatic carbocycles. The van der Waals surface area contributed by atoms with E-state index in [1.165, 1.54) is 0 Å². The molecule has 1 aliphatic carbocycles.